The van der Waals surface area contributed by atoms with Crippen molar-refractivity contribution in [3.8, 4) is 28.3 Å². The zero-order valence-electron chi connectivity index (χ0n) is 24.5. The zero-order valence-corrected chi connectivity index (χ0v) is 24.5. The first-order valence-corrected chi connectivity index (χ1v) is 14.1. The molecule has 0 saturated carbocycles. The summed E-state index contributed by atoms with van der Waals surface area (Å²) >= 11 is 0. The number of nitrogens with zero attached hydrogens (tertiary/aromatic N) is 2. The van der Waals surface area contributed by atoms with E-state index >= 15 is 0 Å². The summed E-state index contributed by atoms with van der Waals surface area (Å²) in [6.07, 6.45) is 3.40. The normalized spacial score (nSPS) is 13.0. The molecular weight excluding hydrogens is 524 g/mol. The number of nitrogens with two attached hydrogens (primary N) is 2. The van der Waals surface area contributed by atoms with E-state index in [2.05, 4.69) is 33.2 Å². The van der Waals surface area contributed by atoms with Crippen molar-refractivity contribution in [2.45, 2.75) is 51.3 Å². The van der Waals surface area contributed by atoms with E-state index in [4.69, 9.17) is 30.2 Å². The number of hydrogen-bond donors (Lipinski definition) is 2. The van der Waals surface area contributed by atoms with Crippen molar-refractivity contribution in [2.75, 3.05) is 40.9 Å². The van der Waals surface area contributed by atoms with Crippen molar-refractivity contribution in [1.82, 2.24) is 5.16 Å². The van der Waals surface area contributed by atoms with Crippen LogP contribution in [0.5, 0.6) is 5.75 Å². The molecule has 10 heteroatoms. The van der Waals surface area contributed by atoms with E-state index < -0.39 is 24.2 Å². The first kappa shape index (κ1) is 32.0. The van der Waals surface area contributed by atoms with Gasteiger partial charge in [-0.2, -0.15) is 0 Å². The highest BCUT2D eigenvalue weighted by molar-refractivity contribution is 5.98. The van der Waals surface area contributed by atoms with E-state index in [9.17, 15) is 9.59 Å². The van der Waals surface area contributed by atoms with Crippen molar-refractivity contribution in [3.05, 3.63) is 60.2 Å². The molecule has 0 aliphatic carbocycles. The van der Waals surface area contributed by atoms with Gasteiger partial charge >= 0.3 is 11.9 Å². The highest BCUT2D eigenvalue weighted by Gasteiger charge is 2.21. The molecule has 1 heterocycles. The maximum absolute atomic E-state index is 12.5. The Morgan fingerprint density at radius 3 is 2.27 bits per heavy atom. The number of hydrogen-bond acceptors (Lipinski definition) is 9. The van der Waals surface area contributed by atoms with Crippen LogP contribution in [0.4, 0.5) is 0 Å². The van der Waals surface area contributed by atoms with Crippen molar-refractivity contribution >= 4 is 11.9 Å². The minimum Gasteiger partial charge on any atom is -0.494 e. The van der Waals surface area contributed by atoms with E-state index in [-0.39, 0.29) is 12.0 Å². The third-order valence-corrected chi connectivity index (χ3v) is 6.43. The van der Waals surface area contributed by atoms with Crippen molar-refractivity contribution in [3.63, 3.8) is 0 Å². The van der Waals surface area contributed by atoms with Gasteiger partial charge in [-0.15, -0.1) is 0 Å². The maximum Gasteiger partial charge on any atom is 0.345 e. The Morgan fingerprint density at radius 1 is 0.927 bits per heavy atom. The summed E-state index contributed by atoms with van der Waals surface area (Å²) in [5, 5.41) is 4.15. The second-order valence-corrected chi connectivity index (χ2v) is 11.0. The number of esters is 2. The van der Waals surface area contributed by atoms with Gasteiger partial charge < -0.3 is 34.7 Å². The van der Waals surface area contributed by atoms with Crippen molar-refractivity contribution in [2.24, 2.45) is 11.5 Å². The molecule has 2 aromatic carbocycles. The Morgan fingerprint density at radius 2 is 1.61 bits per heavy atom. The largest absolute Gasteiger partial charge is 0.494 e. The summed E-state index contributed by atoms with van der Waals surface area (Å²) in [7, 11) is 6.17. The van der Waals surface area contributed by atoms with Gasteiger partial charge in [-0.05, 0) is 55.7 Å². The van der Waals surface area contributed by atoms with E-state index in [1.165, 1.54) is 0 Å². The lowest BCUT2D eigenvalue weighted by Crippen LogP contribution is -2.40. The number of ether oxygens (including phenoxy) is 3. The number of carbonyl (C=O) groups excluding carboxylic acids is 2. The van der Waals surface area contributed by atoms with E-state index in [1.54, 1.807) is 24.3 Å². The number of aromatic nitrogens is 1. The van der Waals surface area contributed by atoms with Crippen LogP contribution in [0.2, 0.25) is 0 Å². The molecule has 0 aliphatic rings. The van der Waals surface area contributed by atoms with Crippen LogP contribution in [0.3, 0.4) is 0 Å². The van der Waals surface area contributed by atoms with Gasteiger partial charge in [0, 0.05) is 17.2 Å². The van der Waals surface area contributed by atoms with Crippen molar-refractivity contribution in [1.29, 1.82) is 0 Å². The monoisotopic (exact) mass is 567 g/mol. The molecule has 0 amide bonds. The van der Waals surface area contributed by atoms with Crippen LogP contribution in [-0.4, -0.2) is 74.7 Å². The van der Waals surface area contributed by atoms with Gasteiger partial charge in [0.25, 0.3) is 0 Å². The van der Waals surface area contributed by atoms with Gasteiger partial charge in [0.1, 0.15) is 30.3 Å². The predicted octanol–water partition coefficient (Wildman–Crippen LogP) is 4.38. The van der Waals surface area contributed by atoms with Crippen LogP contribution < -0.4 is 16.2 Å². The lowest BCUT2D eigenvalue weighted by molar-refractivity contribution is -0.870. The Balaban J connectivity index is 1.48. The topological polar surface area (TPSA) is 140 Å². The molecule has 0 aliphatic heterocycles. The van der Waals surface area contributed by atoms with Crippen molar-refractivity contribution < 1.29 is 32.8 Å². The van der Waals surface area contributed by atoms with Crippen LogP contribution in [0.15, 0.2) is 59.1 Å². The number of quaternary nitrogens is 1. The third kappa shape index (κ3) is 10.7. The van der Waals surface area contributed by atoms with E-state index in [0.717, 1.165) is 47.2 Å². The lowest BCUT2D eigenvalue weighted by atomic mass is 10.1. The molecule has 3 rings (SSSR count). The molecule has 222 valence electrons. The quantitative estimate of drug-likeness (QED) is 0.0848. The van der Waals surface area contributed by atoms with Gasteiger partial charge in [0.05, 0.1) is 39.9 Å². The number of rotatable bonds is 16. The van der Waals surface area contributed by atoms with Gasteiger partial charge in [-0.3, -0.25) is 0 Å². The summed E-state index contributed by atoms with van der Waals surface area (Å²) in [6, 6.07) is 15.1. The van der Waals surface area contributed by atoms with Crippen LogP contribution in [-0.2, 0) is 14.3 Å². The van der Waals surface area contributed by atoms with Crippen LogP contribution >= 0.6 is 0 Å². The van der Waals surface area contributed by atoms with Crippen LogP contribution in [0, 0.1) is 0 Å². The maximum atomic E-state index is 12.5. The summed E-state index contributed by atoms with van der Waals surface area (Å²) in [6.45, 7) is 4.16. The SMILES string of the molecule is CCCCCOc1ccc(-c2cc(-c3ccc(C(=O)OC(=O)[C@@H](N)CCC(N)OCC[N+](C)(C)C)cc3)no2)cc1. The molecule has 2 atom stereocenters. The summed E-state index contributed by atoms with van der Waals surface area (Å²) in [5.41, 5.74) is 14.3. The van der Waals surface area contributed by atoms with Gasteiger partial charge in [0.15, 0.2) is 5.76 Å². The van der Waals surface area contributed by atoms with E-state index in [0.29, 0.717) is 31.1 Å². The predicted molar refractivity (Wildman–Crippen MR) is 157 cm³/mol. The molecule has 4 N–H and O–H groups in total. The average Bonchev–Trinajstić information content (AvgIpc) is 3.44. The fourth-order valence-corrected chi connectivity index (χ4v) is 3.83. The van der Waals surface area contributed by atoms with Crippen LogP contribution in [0.1, 0.15) is 49.4 Å². The fraction of sp³-hybridized carbons (Fsp3) is 0.452. The summed E-state index contributed by atoms with van der Waals surface area (Å²) in [5.74, 6) is -0.163. The standard InChI is InChI=1S/C31H43N4O6/c1-5-6-7-19-38-25-14-12-23(13-15-25)28-21-27(34-41-28)22-8-10-24(11-9-22)30(36)40-31(37)26(32)16-17-29(33)39-20-18-35(2,3)4/h8-15,21,26,29H,5-7,16-20,32-33H2,1-4H3/q+1/t26-,29?/m0/s1. The van der Waals surface area contributed by atoms with Gasteiger partial charge in [-0.1, -0.05) is 37.1 Å². The zero-order chi connectivity index (χ0) is 29.8. The molecule has 41 heavy (non-hydrogen) atoms. The third-order valence-electron chi connectivity index (χ3n) is 6.43. The molecular formula is C31H43N4O6+. The number of likely N-dealkylation sites (N-methyl/N-ethyl adjacent to an activating group) is 1. The first-order valence-electron chi connectivity index (χ1n) is 14.1. The van der Waals surface area contributed by atoms with Crippen LogP contribution in [0.25, 0.3) is 22.6 Å². The molecule has 0 bridgehead atoms. The Labute approximate surface area is 242 Å². The molecule has 1 aromatic heterocycles. The summed E-state index contributed by atoms with van der Waals surface area (Å²) in [4.78, 5) is 24.8. The molecule has 1 unspecified atom stereocenters. The Hall–Kier alpha value is -3.57. The molecule has 0 spiro atoms. The Bertz CT molecular complexity index is 1230. The molecule has 0 fully saturated rings. The second-order valence-electron chi connectivity index (χ2n) is 11.0. The summed E-state index contributed by atoms with van der Waals surface area (Å²) < 4.78 is 22.6. The average molecular weight is 568 g/mol. The Kier molecular flexibility index (Phi) is 12.0. The lowest BCUT2D eigenvalue weighted by Gasteiger charge is -2.24. The highest BCUT2D eigenvalue weighted by atomic mass is 16.6. The number of benzene rings is 2. The first-order chi connectivity index (χ1) is 19.6. The second kappa shape index (κ2) is 15.4. The van der Waals surface area contributed by atoms with E-state index in [1.807, 2.05) is 30.3 Å². The number of carbonyl (C=O) groups is 2. The highest BCUT2D eigenvalue weighted by Crippen LogP contribution is 2.28. The van der Waals surface area contributed by atoms with Gasteiger partial charge in [0.2, 0.25) is 0 Å². The molecule has 0 saturated heterocycles. The molecule has 3 aromatic rings. The minimum absolute atomic E-state index is 0.216. The number of unbranched alkanes of at least 4 members (excludes halogenated alkanes) is 2. The minimum atomic E-state index is -0.985. The fourth-order valence-electron chi connectivity index (χ4n) is 3.83. The molecule has 0 radical (unpaired) electrons. The molecule has 10 nitrogen and oxygen atoms in total. The smallest absolute Gasteiger partial charge is 0.345 e. The van der Waals surface area contributed by atoms with Gasteiger partial charge in [-0.25, -0.2) is 9.59 Å².